The van der Waals surface area contributed by atoms with Gasteiger partial charge in [-0.05, 0) is 24.5 Å². The van der Waals surface area contributed by atoms with Gasteiger partial charge in [0, 0.05) is 13.1 Å². The van der Waals surface area contributed by atoms with Gasteiger partial charge in [0.15, 0.2) is 5.69 Å². The number of unbranched alkanes of at least 4 members (excludes halogenated alkanes) is 1. The average Bonchev–Trinajstić information content (AvgIpc) is 2.61. The second-order valence-corrected chi connectivity index (χ2v) is 6.79. The van der Waals surface area contributed by atoms with Gasteiger partial charge >= 0.3 is 5.69 Å². The number of aromatic amines is 1. The van der Waals surface area contributed by atoms with E-state index < -0.39 is 23.0 Å². The molecule has 0 aliphatic rings. The van der Waals surface area contributed by atoms with Crippen molar-refractivity contribution in [3.05, 3.63) is 56.5 Å². The molecule has 0 fully saturated rings. The monoisotopic (exact) mass is 376 g/mol. The van der Waals surface area contributed by atoms with Crippen molar-refractivity contribution in [1.29, 1.82) is 0 Å². The summed E-state index contributed by atoms with van der Waals surface area (Å²) < 4.78 is 15.4. The molecule has 1 aromatic heterocycles. The van der Waals surface area contributed by atoms with E-state index in [4.69, 9.17) is 5.73 Å². The van der Waals surface area contributed by atoms with Crippen LogP contribution in [0.5, 0.6) is 0 Å². The summed E-state index contributed by atoms with van der Waals surface area (Å²) in [5.41, 5.74) is 4.43. The maximum atomic E-state index is 14.1. The van der Waals surface area contributed by atoms with E-state index >= 15 is 0 Å². The first-order valence-corrected chi connectivity index (χ1v) is 8.96. The van der Waals surface area contributed by atoms with Crippen molar-refractivity contribution >= 4 is 17.4 Å². The van der Waals surface area contributed by atoms with Crippen molar-refractivity contribution in [2.24, 2.45) is 5.92 Å². The number of nitrogens with one attached hydrogen (secondary N) is 1. The van der Waals surface area contributed by atoms with Crippen LogP contribution in [0.3, 0.4) is 0 Å². The van der Waals surface area contributed by atoms with Crippen molar-refractivity contribution in [2.45, 2.75) is 40.2 Å². The molecule has 3 N–H and O–H groups in total. The van der Waals surface area contributed by atoms with Crippen molar-refractivity contribution in [3.8, 4) is 0 Å². The number of nitrogens with two attached hydrogens (primary N) is 1. The van der Waals surface area contributed by atoms with Gasteiger partial charge in [0.2, 0.25) is 0 Å². The van der Waals surface area contributed by atoms with Gasteiger partial charge in [-0.2, -0.15) is 0 Å². The summed E-state index contributed by atoms with van der Waals surface area (Å²) in [5, 5.41) is 0. The Hall–Kier alpha value is -2.90. The zero-order valence-electron chi connectivity index (χ0n) is 15.8. The summed E-state index contributed by atoms with van der Waals surface area (Å²) in [5.74, 6) is -1.36. The van der Waals surface area contributed by atoms with E-state index in [1.54, 1.807) is 6.07 Å². The lowest BCUT2D eigenvalue weighted by Gasteiger charge is -2.25. The number of nitrogen functional groups attached to an aromatic ring is 1. The Kier molecular flexibility index (Phi) is 6.55. The highest BCUT2D eigenvalue weighted by atomic mass is 19.1. The Morgan fingerprint density at radius 1 is 1.30 bits per heavy atom. The van der Waals surface area contributed by atoms with Crippen molar-refractivity contribution in [3.63, 3.8) is 0 Å². The molecule has 8 heteroatoms. The minimum atomic E-state index is -0.765. The number of hydrogen-bond donors (Lipinski definition) is 2. The molecule has 27 heavy (non-hydrogen) atoms. The first kappa shape index (κ1) is 20.4. The van der Waals surface area contributed by atoms with Gasteiger partial charge in [-0.3, -0.25) is 19.1 Å². The van der Waals surface area contributed by atoms with E-state index in [9.17, 15) is 18.8 Å². The average molecular weight is 376 g/mol. The van der Waals surface area contributed by atoms with E-state index in [1.165, 1.54) is 22.8 Å². The molecule has 0 bridgehead atoms. The van der Waals surface area contributed by atoms with Gasteiger partial charge in [-0.1, -0.05) is 39.3 Å². The van der Waals surface area contributed by atoms with E-state index in [2.05, 4.69) is 4.98 Å². The summed E-state index contributed by atoms with van der Waals surface area (Å²) in [6, 6.07) is 5.55. The molecule has 1 aromatic carbocycles. The molecule has 0 aliphatic carbocycles. The standard InChI is InChI=1S/C19H25FN4O3/c1-4-5-10-23(18(26)13-8-6-7-9-14(13)20)15-16(21)24(11-12(2)3)19(27)22-17(15)25/h6-9,12H,4-5,10-11,21H2,1-3H3,(H,22,25,27). The van der Waals surface area contributed by atoms with E-state index in [0.29, 0.717) is 6.42 Å². The Morgan fingerprint density at radius 2 is 1.96 bits per heavy atom. The fourth-order valence-corrected chi connectivity index (χ4v) is 2.80. The Labute approximate surface area is 156 Å². The molecule has 0 aliphatic heterocycles. The topological polar surface area (TPSA) is 101 Å². The van der Waals surface area contributed by atoms with Crippen LogP contribution in [0.4, 0.5) is 15.9 Å². The van der Waals surface area contributed by atoms with Crippen molar-refractivity contribution in [2.75, 3.05) is 17.2 Å². The maximum Gasteiger partial charge on any atom is 0.330 e. The van der Waals surface area contributed by atoms with E-state index in [0.717, 1.165) is 11.3 Å². The predicted molar refractivity (Wildman–Crippen MR) is 104 cm³/mol. The highest BCUT2D eigenvalue weighted by molar-refractivity contribution is 6.07. The summed E-state index contributed by atoms with van der Waals surface area (Å²) in [4.78, 5) is 41.0. The number of H-pyrrole nitrogens is 1. The molecule has 146 valence electrons. The number of nitrogens with zero attached hydrogens (tertiary/aromatic N) is 2. The Bertz CT molecular complexity index is 933. The lowest BCUT2D eigenvalue weighted by molar-refractivity contribution is 0.0982. The van der Waals surface area contributed by atoms with Crippen LogP contribution in [0, 0.1) is 11.7 Å². The zero-order chi connectivity index (χ0) is 20.1. The van der Waals surface area contributed by atoms with E-state index in [-0.39, 0.29) is 36.1 Å². The van der Waals surface area contributed by atoms with Crippen LogP contribution >= 0.6 is 0 Å². The molecule has 2 aromatic rings. The molecule has 7 nitrogen and oxygen atoms in total. The number of rotatable bonds is 7. The quantitative estimate of drug-likeness (QED) is 0.774. The summed E-state index contributed by atoms with van der Waals surface area (Å²) >= 11 is 0. The van der Waals surface area contributed by atoms with Crippen LogP contribution in [0.25, 0.3) is 0 Å². The normalized spacial score (nSPS) is 11.0. The zero-order valence-corrected chi connectivity index (χ0v) is 15.8. The van der Waals surface area contributed by atoms with Gasteiger partial charge < -0.3 is 10.6 Å². The SMILES string of the molecule is CCCCN(C(=O)c1ccccc1F)c1c(N)n(CC(C)C)c(=O)[nH]c1=O. The second-order valence-electron chi connectivity index (χ2n) is 6.79. The molecule has 0 unspecified atom stereocenters. The van der Waals surface area contributed by atoms with Gasteiger partial charge in [-0.15, -0.1) is 0 Å². The fourth-order valence-electron chi connectivity index (χ4n) is 2.80. The lowest BCUT2D eigenvalue weighted by Crippen LogP contribution is -2.42. The lowest BCUT2D eigenvalue weighted by atomic mass is 10.1. The molecule has 1 heterocycles. The van der Waals surface area contributed by atoms with Crippen LogP contribution in [0.1, 0.15) is 44.0 Å². The molecular weight excluding hydrogens is 351 g/mol. The number of carbonyl (C=O) groups excluding carboxylic acids is 1. The minimum Gasteiger partial charge on any atom is -0.383 e. The first-order chi connectivity index (χ1) is 12.8. The molecule has 2 rings (SSSR count). The smallest absolute Gasteiger partial charge is 0.330 e. The second kappa shape index (κ2) is 8.66. The fraction of sp³-hybridized carbons (Fsp3) is 0.421. The number of halogens is 1. The van der Waals surface area contributed by atoms with E-state index in [1.807, 2.05) is 20.8 Å². The third-order valence-electron chi connectivity index (χ3n) is 4.12. The van der Waals surface area contributed by atoms with Crippen molar-refractivity contribution in [1.82, 2.24) is 9.55 Å². The number of amides is 1. The van der Waals surface area contributed by atoms with Crippen LogP contribution in [0.2, 0.25) is 0 Å². The summed E-state index contributed by atoms with van der Waals surface area (Å²) in [6.07, 6.45) is 1.34. The minimum absolute atomic E-state index is 0.0927. The molecule has 0 spiro atoms. The van der Waals surface area contributed by atoms with Gasteiger partial charge in [0.05, 0.1) is 5.56 Å². The Balaban J connectivity index is 2.63. The van der Waals surface area contributed by atoms with Gasteiger partial charge in [0.1, 0.15) is 11.6 Å². The van der Waals surface area contributed by atoms with Gasteiger partial charge in [-0.25, -0.2) is 9.18 Å². The number of anilines is 2. The molecular formula is C19H25FN4O3. The number of hydrogen-bond acceptors (Lipinski definition) is 4. The van der Waals surface area contributed by atoms with Gasteiger partial charge in [0.25, 0.3) is 11.5 Å². The molecule has 0 saturated heterocycles. The summed E-state index contributed by atoms with van der Waals surface area (Å²) in [6.45, 7) is 6.19. The van der Waals surface area contributed by atoms with Crippen molar-refractivity contribution < 1.29 is 9.18 Å². The van der Waals surface area contributed by atoms with Crippen LogP contribution in [-0.2, 0) is 6.54 Å². The third kappa shape index (κ3) is 4.45. The maximum absolute atomic E-state index is 14.1. The highest BCUT2D eigenvalue weighted by Crippen LogP contribution is 2.21. The number of carbonyl (C=O) groups is 1. The molecule has 1 amide bonds. The number of benzene rings is 1. The number of aromatic nitrogens is 2. The van der Waals surface area contributed by atoms with Crippen LogP contribution in [-0.4, -0.2) is 22.0 Å². The van der Waals surface area contributed by atoms with Crippen LogP contribution in [0.15, 0.2) is 33.9 Å². The predicted octanol–water partition coefficient (Wildman–Crippen LogP) is 2.36. The molecule has 0 radical (unpaired) electrons. The van der Waals surface area contributed by atoms with Crippen LogP contribution < -0.4 is 21.9 Å². The Morgan fingerprint density at radius 3 is 2.56 bits per heavy atom. The first-order valence-electron chi connectivity index (χ1n) is 8.96. The third-order valence-corrected chi connectivity index (χ3v) is 4.12. The molecule has 0 atom stereocenters. The largest absolute Gasteiger partial charge is 0.383 e. The summed E-state index contributed by atoms with van der Waals surface area (Å²) in [7, 11) is 0. The highest BCUT2D eigenvalue weighted by Gasteiger charge is 2.26. The molecule has 0 saturated carbocycles.